The largest absolute Gasteiger partial charge is 0.496 e. The normalized spacial score (nSPS) is 31.3. The number of nitrogens with one attached hydrogen (secondary N) is 2. The summed E-state index contributed by atoms with van der Waals surface area (Å²) in [5.41, 5.74) is 11.8. The van der Waals surface area contributed by atoms with E-state index in [9.17, 15) is 9.90 Å². The molecule has 9 atom stereocenters. The number of aliphatic hydroxyl groups excluding tert-OH is 1. The molecule has 2 bridgehead atoms. The van der Waals surface area contributed by atoms with Gasteiger partial charge >= 0.3 is 0 Å². The Bertz CT molecular complexity index is 1500. The van der Waals surface area contributed by atoms with E-state index in [-0.39, 0.29) is 18.5 Å². The number of likely N-dealkylation sites (N-methyl/N-ethyl adjacent to an activating group) is 1. The summed E-state index contributed by atoms with van der Waals surface area (Å²) < 4.78 is 6.15. The number of amides is 1. The van der Waals surface area contributed by atoms with Gasteiger partial charge in [-0.3, -0.25) is 9.63 Å². The van der Waals surface area contributed by atoms with E-state index >= 15 is 0 Å². The molecule has 2 heterocycles. The monoisotopic (exact) mass is 690 g/mol. The Balaban J connectivity index is 1.25. The van der Waals surface area contributed by atoms with Crippen LogP contribution in [-0.2, 0) is 22.7 Å². The van der Waals surface area contributed by atoms with Crippen LogP contribution in [0.1, 0.15) is 64.5 Å². The van der Waals surface area contributed by atoms with Crippen LogP contribution < -0.4 is 26.0 Å². The molecule has 0 aromatic heterocycles. The number of likely N-dealkylation sites (tertiary alicyclic amines) is 1. The molecule has 5 N–H and O–H groups in total. The van der Waals surface area contributed by atoms with E-state index in [4.69, 9.17) is 15.3 Å². The fraction of sp³-hybridized carbons (Fsp3) is 0.675. The molecule has 10 nitrogen and oxygen atoms in total. The van der Waals surface area contributed by atoms with Gasteiger partial charge in [0, 0.05) is 68.5 Å². The van der Waals surface area contributed by atoms with Crippen molar-refractivity contribution < 1.29 is 19.5 Å². The molecule has 0 spiro atoms. The highest BCUT2D eigenvalue weighted by Gasteiger charge is 2.57. The summed E-state index contributed by atoms with van der Waals surface area (Å²) in [5, 5.41) is 19.9. The maximum absolute atomic E-state index is 14.3. The van der Waals surface area contributed by atoms with Crippen LogP contribution in [0.25, 0.3) is 11.1 Å². The van der Waals surface area contributed by atoms with Gasteiger partial charge in [0.1, 0.15) is 11.8 Å². The first-order valence-corrected chi connectivity index (χ1v) is 18.8. The zero-order chi connectivity index (χ0) is 35.9. The molecule has 2 aromatic rings. The lowest BCUT2D eigenvalue weighted by Crippen LogP contribution is -2.62. The van der Waals surface area contributed by atoms with Crippen molar-refractivity contribution >= 4 is 11.6 Å². The molecule has 7 rings (SSSR count). The SMILES string of the molecule is COc1c(CN2O[C@@H](CN)[C@@H]([C@H](C)O)[C@H]2C(=O)NC2C[C@H]3C[C@@H]([C@@H]2C)C3(C)C)cccc1-c1cc(CNCC2CCCN2C)cc(N(C)C)c1. The van der Waals surface area contributed by atoms with Crippen molar-refractivity contribution in [3.05, 3.63) is 47.5 Å². The van der Waals surface area contributed by atoms with E-state index in [1.54, 1.807) is 19.1 Å². The second kappa shape index (κ2) is 15.1. The topological polar surface area (TPSA) is 116 Å². The van der Waals surface area contributed by atoms with E-state index in [1.165, 1.54) is 31.4 Å². The first-order valence-electron chi connectivity index (χ1n) is 18.8. The molecule has 276 valence electrons. The predicted octanol–water partition coefficient (Wildman–Crippen LogP) is 4.24. The molecule has 0 radical (unpaired) electrons. The highest BCUT2D eigenvalue weighted by atomic mass is 16.7. The number of hydroxylamine groups is 2. The molecular formula is C40H62N6O4. The fourth-order valence-electron chi connectivity index (χ4n) is 9.69. The van der Waals surface area contributed by atoms with E-state index in [0.29, 0.717) is 35.8 Å². The Hall–Kier alpha value is -2.73. The third kappa shape index (κ3) is 7.17. The standard InChI is InChI=1S/C40H62N6O4/c1-24-33-18-29(40(33,3)4)19-34(24)43-39(48)37-36(25(2)47)35(20-41)50-46(37)23-27-11-9-13-32(38(27)49-8)28-15-26(16-31(17-28)44(5)6)21-42-22-30-12-10-14-45(30)7/h9,11,13,15-17,24-25,29-30,33-37,42,47H,10,12,14,18-23,41H2,1-8H3,(H,43,48)/t24-,25-,29+,30?,33-,34?,35-,36+,37-/m0/s1. The van der Waals surface area contributed by atoms with Crippen LogP contribution in [0.5, 0.6) is 5.75 Å². The molecule has 2 saturated heterocycles. The quantitative estimate of drug-likeness (QED) is 0.245. The average Bonchev–Trinajstić information content (AvgIpc) is 3.67. The van der Waals surface area contributed by atoms with Crippen LogP contribution in [0.15, 0.2) is 36.4 Å². The number of ether oxygens (including phenoxy) is 1. The van der Waals surface area contributed by atoms with Crippen LogP contribution in [0, 0.1) is 29.1 Å². The number of methoxy groups -OCH3 is 1. The molecule has 3 aliphatic carbocycles. The predicted molar refractivity (Wildman–Crippen MR) is 200 cm³/mol. The molecule has 3 saturated carbocycles. The Morgan fingerprint density at radius 1 is 1.22 bits per heavy atom. The highest BCUT2D eigenvalue weighted by Crippen LogP contribution is 2.61. The van der Waals surface area contributed by atoms with Gasteiger partial charge in [-0.15, -0.1) is 0 Å². The lowest BCUT2D eigenvalue weighted by molar-refractivity contribution is -0.175. The number of carbonyl (C=O) groups excluding carboxylic acids is 1. The number of nitrogens with two attached hydrogens (primary N) is 1. The summed E-state index contributed by atoms with van der Waals surface area (Å²) in [5.74, 6) is 1.80. The molecule has 1 amide bonds. The summed E-state index contributed by atoms with van der Waals surface area (Å²) >= 11 is 0. The first kappa shape index (κ1) is 37.0. The van der Waals surface area contributed by atoms with Crippen molar-refractivity contribution in [2.45, 2.75) is 96.8 Å². The fourth-order valence-corrected chi connectivity index (χ4v) is 9.69. The van der Waals surface area contributed by atoms with Crippen LogP contribution in [-0.4, -0.2) is 99.2 Å². The van der Waals surface area contributed by atoms with Gasteiger partial charge in [0.05, 0.1) is 25.9 Å². The number of nitrogens with zero attached hydrogens (tertiary/aromatic N) is 3. The van der Waals surface area contributed by atoms with Crippen LogP contribution in [0.2, 0.25) is 0 Å². The number of carbonyl (C=O) groups is 1. The van der Waals surface area contributed by atoms with Crippen molar-refractivity contribution in [1.82, 2.24) is 20.6 Å². The van der Waals surface area contributed by atoms with Crippen molar-refractivity contribution in [2.75, 3.05) is 52.8 Å². The lowest BCUT2D eigenvalue weighted by Gasteiger charge is -2.62. The van der Waals surface area contributed by atoms with E-state index < -0.39 is 24.2 Å². The van der Waals surface area contributed by atoms with Crippen LogP contribution >= 0.6 is 0 Å². The van der Waals surface area contributed by atoms with Gasteiger partial charge in [-0.05, 0) is 98.7 Å². The maximum Gasteiger partial charge on any atom is 0.240 e. The van der Waals surface area contributed by atoms with Gasteiger partial charge in [0.25, 0.3) is 0 Å². The number of fused-ring (bicyclic) bond motifs is 2. The van der Waals surface area contributed by atoms with Gasteiger partial charge in [-0.25, -0.2) is 0 Å². The summed E-state index contributed by atoms with van der Waals surface area (Å²) in [6, 6.07) is 12.8. The molecule has 50 heavy (non-hydrogen) atoms. The average molecular weight is 691 g/mol. The number of aliphatic hydroxyl groups is 1. The number of benzene rings is 2. The molecular weight excluding hydrogens is 628 g/mol. The third-order valence-electron chi connectivity index (χ3n) is 12.9. The summed E-state index contributed by atoms with van der Waals surface area (Å²) in [4.78, 5) is 25.3. The van der Waals surface area contributed by atoms with E-state index in [2.05, 4.69) is 86.6 Å². The third-order valence-corrected chi connectivity index (χ3v) is 12.9. The van der Waals surface area contributed by atoms with Gasteiger partial charge in [-0.1, -0.05) is 39.0 Å². The second-order valence-electron chi connectivity index (χ2n) is 16.5. The van der Waals surface area contributed by atoms with Crippen LogP contribution in [0.3, 0.4) is 0 Å². The van der Waals surface area contributed by atoms with Gasteiger partial charge in [-0.2, -0.15) is 5.06 Å². The minimum atomic E-state index is -0.775. The minimum Gasteiger partial charge on any atom is -0.496 e. The smallest absolute Gasteiger partial charge is 0.240 e. The lowest BCUT2D eigenvalue weighted by atomic mass is 9.45. The van der Waals surface area contributed by atoms with Crippen molar-refractivity contribution in [3.8, 4) is 16.9 Å². The summed E-state index contributed by atoms with van der Waals surface area (Å²) in [6.45, 7) is 12.2. The van der Waals surface area contributed by atoms with E-state index in [1.807, 2.05) is 12.1 Å². The Morgan fingerprint density at radius 2 is 2.00 bits per heavy atom. The number of rotatable bonds is 13. The first-order chi connectivity index (χ1) is 23.8. The Kier molecular flexibility index (Phi) is 11.2. The molecule has 2 unspecified atom stereocenters. The molecule has 2 aromatic carbocycles. The van der Waals surface area contributed by atoms with Crippen molar-refractivity contribution in [3.63, 3.8) is 0 Å². The number of anilines is 1. The molecule has 5 fully saturated rings. The van der Waals surface area contributed by atoms with Crippen LogP contribution in [0.4, 0.5) is 5.69 Å². The van der Waals surface area contributed by atoms with Gasteiger partial charge in [0.15, 0.2) is 0 Å². The van der Waals surface area contributed by atoms with Gasteiger partial charge in [0.2, 0.25) is 5.91 Å². The van der Waals surface area contributed by atoms with E-state index in [0.717, 1.165) is 47.6 Å². The minimum absolute atomic E-state index is 0.0995. The summed E-state index contributed by atoms with van der Waals surface area (Å²) in [6.07, 6.45) is 3.48. The number of para-hydroxylation sites is 1. The van der Waals surface area contributed by atoms with Crippen molar-refractivity contribution in [1.29, 1.82) is 0 Å². The summed E-state index contributed by atoms with van der Waals surface area (Å²) in [7, 11) is 8.05. The Morgan fingerprint density at radius 3 is 2.62 bits per heavy atom. The maximum atomic E-state index is 14.3. The second-order valence-corrected chi connectivity index (χ2v) is 16.5. The zero-order valence-corrected chi connectivity index (χ0v) is 31.6. The van der Waals surface area contributed by atoms with Gasteiger partial charge < -0.3 is 36.0 Å². The number of hydrogen-bond donors (Lipinski definition) is 4. The zero-order valence-electron chi connectivity index (χ0n) is 31.6. The molecule has 10 heteroatoms. The van der Waals surface area contributed by atoms with Crippen molar-refractivity contribution in [2.24, 2.45) is 34.8 Å². The highest BCUT2D eigenvalue weighted by molar-refractivity contribution is 5.83. The molecule has 2 aliphatic heterocycles. The number of hydrogen-bond acceptors (Lipinski definition) is 9. The Labute approximate surface area is 300 Å². The molecule has 5 aliphatic rings.